The molecule has 0 aromatic heterocycles. The average molecular weight is 384 g/mol. The smallest absolute Gasteiger partial charge is 0.206 e. The number of rotatable bonds is 4. The first kappa shape index (κ1) is 18.7. The molecule has 3 aromatic rings. The van der Waals surface area contributed by atoms with Crippen molar-refractivity contribution < 1.29 is 17.6 Å². The number of halogens is 4. The van der Waals surface area contributed by atoms with Gasteiger partial charge < -0.3 is 0 Å². The van der Waals surface area contributed by atoms with Gasteiger partial charge in [-0.3, -0.25) is 0 Å². The summed E-state index contributed by atoms with van der Waals surface area (Å²) in [6.45, 7) is 2.16. The van der Waals surface area contributed by atoms with Crippen LogP contribution in [0.1, 0.15) is 42.0 Å². The lowest BCUT2D eigenvalue weighted by molar-refractivity contribution is -0.137. The van der Waals surface area contributed by atoms with Gasteiger partial charge in [0.2, 0.25) is 0 Å². The molecule has 0 saturated carbocycles. The van der Waals surface area contributed by atoms with Gasteiger partial charge in [-0.15, -0.1) is 0 Å². The molecule has 28 heavy (non-hydrogen) atoms. The molecule has 0 bridgehead atoms. The number of alkyl halides is 3. The summed E-state index contributed by atoms with van der Waals surface area (Å²) >= 11 is 0. The molecule has 0 aliphatic heterocycles. The van der Waals surface area contributed by atoms with E-state index in [9.17, 15) is 17.6 Å². The Labute approximate surface area is 161 Å². The van der Waals surface area contributed by atoms with Crippen molar-refractivity contribution in [3.05, 3.63) is 82.7 Å². The Bertz CT molecular complexity index is 1010. The molecule has 0 heterocycles. The maximum Gasteiger partial charge on any atom is 0.416 e. The van der Waals surface area contributed by atoms with Crippen molar-refractivity contribution in [2.75, 3.05) is 0 Å². The zero-order valence-corrected chi connectivity index (χ0v) is 15.5. The molecule has 1 aliphatic rings. The largest absolute Gasteiger partial charge is 0.416 e. The van der Waals surface area contributed by atoms with Gasteiger partial charge in [0.25, 0.3) is 0 Å². The lowest BCUT2D eigenvalue weighted by atomic mass is 9.97. The standard InChI is InChI=1S/C24H20F4/c1-2-3-4-15-5-10-20-17(11-15)12-18-13-22(23(25)14-21(18)20)16-6-8-19(9-7-16)24(26,27)28/h5-11,13-14H,2-4,12H2,1H3. The van der Waals surface area contributed by atoms with Crippen LogP contribution in [-0.2, 0) is 19.0 Å². The van der Waals surface area contributed by atoms with Gasteiger partial charge in [-0.2, -0.15) is 13.2 Å². The van der Waals surface area contributed by atoms with Crippen LogP contribution in [0.5, 0.6) is 0 Å². The third-order valence-corrected chi connectivity index (χ3v) is 5.38. The third-order valence-electron chi connectivity index (χ3n) is 5.38. The summed E-state index contributed by atoms with van der Waals surface area (Å²) in [5, 5.41) is 0. The molecule has 0 nitrogen and oxygen atoms in total. The Morgan fingerprint density at radius 3 is 2.21 bits per heavy atom. The Morgan fingerprint density at radius 2 is 1.54 bits per heavy atom. The fourth-order valence-corrected chi connectivity index (χ4v) is 3.87. The maximum absolute atomic E-state index is 14.8. The summed E-state index contributed by atoms with van der Waals surface area (Å²) < 4.78 is 53.1. The molecule has 0 N–H and O–H groups in total. The van der Waals surface area contributed by atoms with Crippen molar-refractivity contribution in [3.63, 3.8) is 0 Å². The molecule has 1 aliphatic carbocycles. The van der Waals surface area contributed by atoms with Crippen molar-refractivity contribution >= 4 is 0 Å². The van der Waals surface area contributed by atoms with Gasteiger partial charge in [0, 0.05) is 5.56 Å². The van der Waals surface area contributed by atoms with Gasteiger partial charge in [0.1, 0.15) is 5.82 Å². The van der Waals surface area contributed by atoms with Crippen molar-refractivity contribution in [2.24, 2.45) is 0 Å². The fraction of sp³-hybridized carbons (Fsp3) is 0.250. The molecule has 0 fully saturated rings. The minimum Gasteiger partial charge on any atom is -0.206 e. The van der Waals surface area contributed by atoms with Crippen molar-refractivity contribution in [2.45, 2.75) is 38.8 Å². The van der Waals surface area contributed by atoms with Gasteiger partial charge >= 0.3 is 6.18 Å². The highest BCUT2D eigenvalue weighted by Gasteiger charge is 2.30. The summed E-state index contributed by atoms with van der Waals surface area (Å²) in [6.07, 6.45) is -0.368. The minimum absolute atomic E-state index is 0.339. The maximum atomic E-state index is 14.8. The molecule has 0 saturated heterocycles. The predicted octanol–water partition coefficient (Wildman–Crippen LogP) is 7.43. The van der Waals surface area contributed by atoms with Crippen molar-refractivity contribution in [1.82, 2.24) is 0 Å². The highest BCUT2D eigenvalue weighted by molar-refractivity contribution is 5.80. The first-order valence-electron chi connectivity index (χ1n) is 9.49. The number of aryl methyl sites for hydroxylation is 1. The monoisotopic (exact) mass is 384 g/mol. The zero-order chi connectivity index (χ0) is 19.9. The molecule has 3 aromatic carbocycles. The molecular weight excluding hydrogens is 364 g/mol. The third kappa shape index (κ3) is 3.44. The normalized spacial score (nSPS) is 12.8. The molecule has 0 radical (unpaired) electrons. The van der Waals surface area contributed by atoms with Crippen LogP contribution in [0.25, 0.3) is 22.3 Å². The van der Waals surface area contributed by atoms with E-state index in [4.69, 9.17) is 0 Å². The van der Waals surface area contributed by atoms with Gasteiger partial charge in [0.15, 0.2) is 0 Å². The summed E-state index contributed by atoms with van der Waals surface area (Å²) in [7, 11) is 0. The lowest BCUT2D eigenvalue weighted by Gasteiger charge is -2.10. The van der Waals surface area contributed by atoms with Gasteiger partial charge in [0.05, 0.1) is 5.56 Å². The first-order chi connectivity index (χ1) is 13.4. The Balaban J connectivity index is 1.67. The van der Waals surface area contributed by atoms with Crippen LogP contribution in [0.3, 0.4) is 0 Å². The number of benzene rings is 3. The second-order valence-electron chi connectivity index (χ2n) is 7.34. The van der Waals surface area contributed by atoms with E-state index in [2.05, 4.69) is 25.1 Å². The fourth-order valence-electron chi connectivity index (χ4n) is 3.87. The van der Waals surface area contributed by atoms with Crippen LogP contribution in [-0.4, -0.2) is 0 Å². The van der Waals surface area contributed by atoms with E-state index in [0.717, 1.165) is 54.5 Å². The van der Waals surface area contributed by atoms with Crippen LogP contribution in [0, 0.1) is 5.82 Å². The number of fused-ring (bicyclic) bond motifs is 3. The van der Waals surface area contributed by atoms with E-state index >= 15 is 0 Å². The van der Waals surface area contributed by atoms with Gasteiger partial charge in [-0.1, -0.05) is 43.7 Å². The van der Waals surface area contributed by atoms with Crippen LogP contribution >= 0.6 is 0 Å². The van der Waals surface area contributed by atoms with E-state index in [1.807, 2.05) is 0 Å². The quantitative estimate of drug-likeness (QED) is 0.321. The van der Waals surface area contributed by atoms with Crippen LogP contribution in [0.2, 0.25) is 0 Å². The molecule has 0 spiro atoms. The van der Waals surface area contributed by atoms with E-state index in [1.165, 1.54) is 29.3 Å². The van der Waals surface area contributed by atoms with Crippen LogP contribution in [0.4, 0.5) is 17.6 Å². The molecule has 4 heteroatoms. The lowest BCUT2D eigenvalue weighted by Crippen LogP contribution is -2.04. The van der Waals surface area contributed by atoms with E-state index < -0.39 is 17.6 Å². The molecule has 0 atom stereocenters. The summed E-state index contributed by atoms with van der Waals surface area (Å²) in [5.74, 6) is -0.415. The molecule has 0 amide bonds. The predicted molar refractivity (Wildman–Crippen MR) is 104 cm³/mol. The molecule has 0 unspecified atom stereocenters. The Hall–Kier alpha value is -2.62. The molecular formula is C24H20F4. The number of hydrogen-bond donors (Lipinski definition) is 0. The summed E-state index contributed by atoms with van der Waals surface area (Å²) in [4.78, 5) is 0. The highest BCUT2D eigenvalue weighted by atomic mass is 19.4. The molecule has 144 valence electrons. The molecule has 4 rings (SSSR count). The minimum atomic E-state index is -4.40. The zero-order valence-electron chi connectivity index (χ0n) is 15.5. The summed E-state index contributed by atoms with van der Waals surface area (Å²) in [6, 6.07) is 14.3. The average Bonchev–Trinajstić information content (AvgIpc) is 3.01. The van der Waals surface area contributed by atoms with E-state index in [-0.39, 0.29) is 0 Å². The first-order valence-corrected chi connectivity index (χ1v) is 9.49. The van der Waals surface area contributed by atoms with E-state index in [0.29, 0.717) is 11.1 Å². The number of hydrogen-bond acceptors (Lipinski definition) is 0. The second-order valence-corrected chi connectivity index (χ2v) is 7.34. The SMILES string of the molecule is CCCCc1ccc2c(c1)Cc1cc(-c3ccc(C(F)(F)F)cc3)c(F)cc1-2. The van der Waals surface area contributed by atoms with Gasteiger partial charge in [-0.05, 0) is 76.9 Å². The Kier molecular flexibility index (Phi) is 4.74. The van der Waals surface area contributed by atoms with Crippen LogP contribution in [0.15, 0.2) is 54.6 Å². The summed E-state index contributed by atoms with van der Waals surface area (Å²) in [5.41, 5.74) is 5.48. The van der Waals surface area contributed by atoms with Crippen molar-refractivity contribution in [1.29, 1.82) is 0 Å². The Morgan fingerprint density at radius 1 is 0.821 bits per heavy atom. The topological polar surface area (TPSA) is 0 Å². The van der Waals surface area contributed by atoms with Crippen LogP contribution < -0.4 is 0 Å². The number of unbranched alkanes of at least 4 members (excludes halogenated alkanes) is 1. The van der Waals surface area contributed by atoms with Crippen molar-refractivity contribution in [3.8, 4) is 22.3 Å². The highest BCUT2D eigenvalue weighted by Crippen LogP contribution is 2.41. The van der Waals surface area contributed by atoms with Gasteiger partial charge in [-0.25, -0.2) is 4.39 Å². The van der Waals surface area contributed by atoms with E-state index in [1.54, 1.807) is 6.07 Å². The second kappa shape index (κ2) is 7.08.